The van der Waals surface area contributed by atoms with Crippen molar-refractivity contribution >= 4 is 23.0 Å². The quantitative estimate of drug-likeness (QED) is 0.467. The van der Waals surface area contributed by atoms with E-state index in [2.05, 4.69) is 20.7 Å². The van der Waals surface area contributed by atoms with Gasteiger partial charge in [-0.1, -0.05) is 0 Å². The van der Waals surface area contributed by atoms with E-state index in [-0.39, 0.29) is 0 Å². The lowest BCUT2D eigenvalue weighted by Crippen LogP contribution is -2.14. The van der Waals surface area contributed by atoms with Gasteiger partial charge in [0.2, 0.25) is 0 Å². The Morgan fingerprint density at radius 1 is 1.41 bits per heavy atom. The third-order valence-electron chi connectivity index (χ3n) is 2.22. The number of rotatable bonds is 5. The van der Waals surface area contributed by atoms with E-state index in [0.717, 1.165) is 5.56 Å². The summed E-state index contributed by atoms with van der Waals surface area (Å²) in [6.07, 6.45) is 0.847. The van der Waals surface area contributed by atoms with Crippen LogP contribution >= 0.6 is 11.3 Å². The number of aromatic nitrogens is 2. The molecule has 5 N–H and O–H groups in total. The number of anilines is 2. The van der Waals surface area contributed by atoms with E-state index in [0.29, 0.717) is 18.2 Å². The van der Waals surface area contributed by atoms with Crippen LogP contribution in [-0.2, 0) is 0 Å². The molecule has 0 saturated carbocycles. The molecule has 0 radical (unpaired) electrons. The molecular weight excluding hydrogens is 238 g/mol. The Balaban J connectivity index is 1.93. The average Bonchev–Trinajstić information content (AvgIpc) is 2.90. The van der Waals surface area contributed by atoms with Gasteiger partial charge in [-0.05, 0) is 22.4 Å². The summed E-state index contributed by atoms with van der Waals surface area (Å²) in [6, 6.07) is 3.56. The molecule has 0 aliphatic heterocycles. The van der Waals surface area contributed by atoms with Crippen LogP contribution < -0.4 is 16.6 Å². The average molecular weight is 251 g/mol. The number of hydrazine groups is 1. The molecule has 2 heterocycles. The van der Waals surface area contributed by atoms with Crippen molar-refractivity contribution in [3.63, 3.8) is 0 Å². The SMILES string of the molecule is NNc1cc(NCC(O)c2ccsc2)ncn1. The van der Waals surface area contributed by atoms with Crippen LogP contribution in [-0.4, -0.2) is 21.6 Å². The standard InChI is InChI=1S/C10H13N5OS/c11-15-10-3-9(13-6-14-10)12-4-8(16)7-1-2-17-5-7/h1-3,5-6,8,16H,4,11H2,(H2,12,13,14,15). The molecule has 0 aliphatic rings. The number of thiophene rings is 1. The predicted octanol–water partition coefficient (Wildman–Crippen LogP) is 0.969. The molecule has 7 heteroatoms. The van der Waals surface area contributed by atoms with E-state index in [1.165, 1.54) is 6.33 Å². The maximum Gasteiger partial charge on any atom is 0.145 e. The van der Waals surface area contributed by atoms with Crippen molar-refractivity contribution in [3.05, 3.63) is 34.8 Å². The monoisotopic (exact) mass is 251 g/mol. The molecule has 1 atom stereocenters. The van der Waals surface area contributed by atoms with E-state index in [1.54, 1.807) is 17.4 Å². The van der Waals surface area contributed by atoms with Gasteiger partial charge in [0.05, 0.1) is 6.10 Å². The minimum atomic E-state index is -0.550. The van der Waals surface area contributed by atoms with Crippen molar-refractivity contribution in [2.75, 3.05) is 17.3 Å². The van der Waals surface area contributed by atoms with Crippen LogP contribution in [0.4, 0.5) is 11.6 Å². The van der Waals surface area contributed by atoms with Gasteiger partial charge < -0.3 is 15.8 Å². The summed E-state index contributed by atoms with van der Waals surface area (Å²) in [5.41, 5.74) is 3.33. The summed E-state index contributed by atoms with van der Waals surface area (Å²) in [4.78, 5) is 7.90. The molecule has 90 valence electrons. The lowest BCUT2D eigenvalue weighted by molar-refractivity contribution is 0.192. The molecule has 17 heavy (non-hydrogen) atoms. The number of nitrogens with one attached hydrogen (secondary N) is 2. The Kier molecular flexibility index (Phi) is 3.86. The molecular formula is C10H13N5OS. The number of nitrogen functional groups attached to an aromatic ring is 1. The topological polar surface area (TPSA) is 96.1 Å². The highest BCUT2D eigenvalue weighted by atomic mass is 32.1. The second-order valence-electron chi connectivity index (χ2n) is 3.39. The van der Waals surface area contributed by atoms with Crippen LogP contribution in [0, 0.1) is 0 Å². The highest BCUT2D eigenvalue weighted by molar-refractivity contribution is 7.07. The Labute approximate surface area is 103 Å². The van der Waals surface area contributed by atoms with Crippen molar-refractivity contribution in [1.29, 1.82) is 0 Å². The largest absolute Gasteiger partial charge is 0.387 e. The summed E-state index contributed by atoms with van der Waals surface area (Å²) in [5.74, 6) is 6.37. The van der Waals surface area contributed by atoms with Crippen LogP contribution in [0.5, 0.6) is 0 Å². The zero-order chi connectivity index (χ0) is 12.1. The van der Waals surface area contributed by atoms with Gasteiger partial charge in [-0.25, -0.2) is 15.8 Å². The van der Waals surface area contributed by atoms with E-state index >= 15 is 0 Å². The van der Waals surface area contributed by atoms with Gasteiger partial charge in [0.1, 0.15) is 18.0 Å². The highest BCUT2D eigenvalue weighted by Gasteiger charge is 2.07. The fourth-order valence-corrected chi connectivity index (χ4v) is 2.02. The summed E-state index contributed by atoms with van der Waals surface area (Å²) in [5, 5.41) is 16.7. The molecule has 0 spiro atoms. The number of nitrogens with zero attached hydrogens (tertiary/aromatic N) is 2. The van der Waals surface area contributed by atoms with Crippen LogP contribution in [0.15, 0.2) is 29.2 Å². The van der Waals surface area contributed by atoms with Gasteiger partial charge in [-0.3, -0.25) is 0 Å². The van der Waals surface area contributed by atoms with Gasteiger partial charge in [-0.15, -0.1) is 0 Å². The Morgan fingerprint density at radius 3 is 2.94 bits per heavy atom. The maximum atomic E-state index is 9.86. The first-order chi connectivity index (χ1) is 8.29. The van der Waals surface area contributed by atoms with Gasteiger partial charge in [0.15, 0.2) is 0 Å². The normalized spacial score (nSPS) is 12.1. The minimum Gasteiger partial charge on any atom is -0.387 e. The fourth-order valence-electron chi connectivity index (χ4n) is 1.32. The van der Waals surface area contributed by atoms with Crippen molar-refractivity contribution in [2.24, 2.45) is 5.84 Å². The van der Waals surface area contributed by atoms with Crippen LogP contribution in [0.1, 0.15) is 11.7 Å². The Hall–Kier alpha value is -1.70. The second kappa shape index (κ2) is 5.58. The predicted molar refractivity (Wildman–Crippen MR) is 67.6 cm³/mol. The minimum absolute atomic E-state index is 0.387. The molecule has 0 aromatic carbocycles. The van der Waals surface area contributed by atoms with E-state index in [4.69, 9.17) is 5.84 Å². The van der Waals surface area contributed by atoms with Crippen molar-refractivity contribution < 1.29 is 5.11 Å². The Bertz CT molecular complexity index is 461. The number of hydrogen-bond acceptors (Lipinski definition) is 7. The van der Waals surface area contributed by atoms with Crippen LogP contribution in [0.2, 0.25) is 0 Å². The molecule has 2 aromatic rings. The third kappa shape index (κ3) is 3.13. The number of aliphatic hydroxyl groups excluding tert-OH is 1. The number of hydrogen-bond donors (Lipinski definition) is 4. The molecule has 2 aromatic heterocycles. The zero-order valence-electron chi connectivity index (χ0n) is 9.00. The van der Waals surface area contributed by atoms with Crippen molar-refractivity contribution in [1.82, 2.24) is 9.97 Å². The second-order valence-corrected chi connectivity index (χ2v) is 4.17. The van der Waals surface area contributed by atoms with Crippen LogP contribution in [0.25, 0.3) is 0 Å². The molecule has 0 bridgehead atoms. The molecule has 0 saturated heterocycles. The summed E-state index contributed by atoms with van der Waals surface area (Å²) in [7, 11) is 0. The van der Waals surface area contributed by atoms with Crippen molar-refractivity contribution in [2.45, 2.75) is 6.10 Å². The third-order valence-corrected chi connectivity index (χ3v) is 2.92. The first-order valence-corrected chi connectivity index (χ1v) is 5.96. The molecule has 0 aliphatic carbocycles. The lowest BCUT2D eigenvalue weighted by atomic mass is 10.2. The molecule has 2 rings (SSSR count). The van der Waals surface area contributed by atoms with E-state index in [1.807, 2.05) is 16.8 Å². The van der Waals surface area contributed by atoms with Gasteiger partial charge >= 0.3 is 0 Å². The van der Waals surface area contributed by atoms with Gasteiger partial charge in [-0.2, -0.15) is 11.3 Å². The highest BCUT2D eigenvalue weighted by Crippen LogP contribution is 2.17. The summed E-state index contributed by atoms with van der Waals surface area (Å²) >= 11 is 1.56. The van der Waals surface area contributed by atoms with Crippen molar-refractivity contribution in [3.8, 4) is 0 Å². The summed E-state index contributed by atoms with van der Waals surface area (Å²) < 4.78 is 0. The first-order valence-electron chi connectivity index (χ1n) is 5.02. The molecule has 6 nitrogen and oxygen atoms in total. The van der Waals surface area contributed by atoms with E-state index < -0.39 is 6.10 Å². The maximum absolute atomic E-state index is 9.86. The number of aliphatic hydroxyl groups is 1. The lowest BCUT2D eigenvalue weighted by Gasteiger charge is -2.11. The van der Waals surface area contributed by atoms with Gasteiger partial charge in [0.25, 0.3) is 0 Å². The molecule has 0 amide bonds. The molecule has 1 unspecified atom stereocenters. The number of nitrogens with two attached hydrogens (primary N) is 1. The smallest absolute Gasteiger partial charge is 0.145 e. The van der Waals surface area contributed by atoms with E-state index in [9.17, 15) is 5.11 Å². The fraction of sp³-hybridized carbons (Fsp3) is 0.200. The molecule has 0 fully saturated rings. The summed E-state index contributed by atoms with van der Waals surface area (Å²) in [6.45, 7) is 0.387. The van der Waals surface area contributed by atoms with Crippen LogP contribution in [0.3, 0.4) is 0 Å². The zero-order valence-corrected chi connectivity index (χ0v) is 9.81. The Morgan fingerprint density at radius 2 is 2.24 bits per heavy atom. The van der Waals surface area contributed by atoms with Gasteiger partial charge in [0, 0.05) is 12.6 Å². The first kappa shape index (κ1) is 11.8.